The van der Waals surface area contributed by atoms with Crippen LogP contribution in [0.1, 0.15) is 13.3 Å². The molecular weight excluding hydrogens is 210 g/mol. The minimum Gasteiger partial charge on any atom is -0.478 e. The van der Waals surface area contributed by atoms with E-state index in [0.29, 0.717) is 31.8 Å². The van der Waals surface area contributed by atoms with Gasteiger partial charge < -0.3 is 14.9 Å². The van der Waals surface area contributed by atoms with E-state index >= 15 is 0 Å². The molecule has 1 heterocycles. The van der Waals surface area contributed by atoms with Crippen molar-refractivity contribution in [3.63, 3.8) is 0 Å². The lowest BCUT2D eigenvalue weighted by atomic mass is 10.1. The van der Waals surface area contributed by atoms with Gasteiger partial charge in [-0.05, 0) is 6.42 Å². The average molecular weight is 229 g/mol. The number of aliphatic carboxylic acids is 1. The van der Waals surface area contributed by atoms with Crippen LogP contribution in [-0.2, 0) is 9.53 Å². The lowest BCUT2D eigenvalue weighted by Crippen LogP contribution is -2.47. The van der Waals surface area contributed by atoms with Crippen molar-refractivity contribution in [3.05, 3.63) is 11.6 Å². The molecule has 5 heteroatoms. The zero-order valence-corrected chi connectivity index (χ0v) is 9.56. The van der Waals surface area contributed by atoms with Gasteiger partial charge in [0.15, 0.2) is 0 Å². The highest BCUT2D eigenvalue weighted by molar-refractivity contribution is 5.86. The molecule has 0 aliphatic carbocycles. The first-order valence-corrected chi connectivity index (χ1v) is 5.54. The van der Waals surface area contributed by atoms with Gasteiger partial charge in [-0.3, -0.25) is 4.90 Å². The maximum Gasteiger partial charge on any atom is 0.331 e. The number of hydrogen-bond donors (Lipinski definition) is 2. The summed E-state index contributed by atoms with van der Waals surface area (Å²) in [5.74, 6) is -0.865. The van der Waals surface area contributed by atoms with E-state index in [1.165, 1.54) is 0 Å². The molecule has 92 valence electrons. The van der Waals surface area contributed by atoms with Crippen LogP contribution in [0, 0.1) is 0 Å². The average Bonchev–Trinajstić information content (AvgIpc) is 2.30. The summed E-state index contributed by atoms with van der Waals surface area (Å²) in [6, 6.07) is -0.0168. The number of hydrogen-bond acceptors (Lipinski definition) is 4. The Kier molecular flexibility index (Phi) is 5.45. The number of ether oxygens (including phenoxy) is 1. The Labute approximate surface area is 95.3 Å². The summed E-state index contributed by atoms with van der Waals surface area (Å²) in [7, 11) is 0. The molecule has 1 saturated heterocycles. The summed E-state index contributed by atoms with van der Waals surface area (Å²) in [5.41, 5.74) is 0.420. The summed E-state index contributed by atoms with van der Waals surface area (Å²) in [6.45, 7) is 4.31. The highest BCUT2D eigenvalue weighted by atomic mass is 16.5. The van der Waals surface area contributed by atoms with Crippen molar-refractivity contribution in [2.45, 2.75) is 19.4 Å². The van der Waals surface area contributed by atoms with Gasteiger partial charge in [-0.2, -0.15) is 0 Å². The third kappa shape index (κ3) is 3.59. The number of aliphatic hydroxyl groups excluding tert-OH is 1. The van der Waals surface area contributed by atoms with Crippen molar-refractivity contribution in [1.82, 2.24) is 4.90 Å². The topological polar surface area (TPSA) is 70.0 Å². The molecule has 1 fully saturated rings. The van der Waals surface area contributed by atoms with Crippen molar-refractivity contribution < 1.29 is 19.7 Å². The number of carboxylic acids is 1. The third-order valence-electron chi connectivity index (χ3n) is 2.79. The van der Waals surface area contributed by atoms with Gasteiger partial charge in [0.2, 0.25) is 0 Å². The monoisotopic (exact) mass is 229 g/mol. The molecule has 1 atom stereocenters. The zero-order valence-electron chi connectivity index (χ0n) is 9.56. The van der Waals surface area contributed by atoms with Gasteiger partial charge in [0.1, 0.15) is 0 Å². The Hall–Kier alpha value is -0.910. The molecule has 16 heavy (non-hydrogen) atoms. The molecule has 0 aromatic rings. The van der Waals surface area contributed by atoms with Crippen LogP contribution in [0.2, 0.25) is 0 Å². The number of aliphatic hydroxyl groups is 1. The van der Waals surface area contributed by atoms with Gasteiger partial charge >= 0.3 is 5.97 Å². The normalized spacial score (nSPS) is 23.4. The molecular formula is C11H19NO4. The maximum atomic E-state index is 10.8. The first kappa shape index (κ1) is 13.2. The molecule has 2 N–H and O–H groups in total. The van der Waals surface area contributed by atoms with Gasteiger partial charge in [0.25, 0.3) is 0 Å². The Morgan fingerprint density at radius 1 is 1.62 bits per heavy atom. The Bertz CT molecular complexity index is 265. The van der Waals surface area contributed by atoms with E-state index in [1.54, 1.807) is 6.08 Å². The molecule has 0 saturated carbocycles. The number of carboxylic acid groups (broad SMARTS) is 1. The summed E-state index contributed by atoms with van der Waals surface area (Å²) >= 11 is 0. The molecule has 0 bridgehead atoms. The fraction of sp³-hybridized carbons (Fsp3) is 0.727. The minimum atomic E-state index is -0.865. The van der Waals surface area contributed by atoms with Crippen molar-refractivity contribution in [2.75, 3.05) is 32.9 Å². The van der Waals surface area contributed by atoms with Crippen LogP contribution >= 0.6 is 0 Å². The van der Waals surface area contributed by atoms with Crippen molar-refractivity contribution >= 4 is 5.97 Å². The lowest BCUT2D eigenvalue weighted by molar-refractivity contribution is -0.132. The summed E-state index contributed by atoms with van der Waals surface area (Å²) in [6.07, 6.45) is 2.24. The first-order chi connectivity index (χ1) is 7.69. The third-order valence-corrected chi connectivity index (χ3v) is 2.79. The van der Waals surface area contributed by atoms with Gasteiger partial charge in [0, 0.05) is 18.7 Å². The van der Waals surface area contributed by atoms with Crippen LogP contribution in [0.3, 0.4) is 0 Å². The number of rotatable bonds is 5. The van der Waals surface area contributed by atoms with Crippen molar-refractivity contribution in [3.8, 4) is 0 Å². The highest BCUT2D eigenvalue weighted by Crippen LogP contribution is 2.08. The summed E-state index contributed by atoms with van der Waals surface area (Å²) < 4.78 is 5.25. The summed E-state index contributed by atoms with van der Waals surface area (Å²) in [4.78, 5) is 12.8. The number of carbonyl (C=O) groups is 1. The van der Waals surface area contributed by atoms with Crippen LogP contribution in [0.25, 0.3) is 0 Å². The van der Waals surface area contributed by atoms with E-state index in [2.05, 4.69) is 0 Å². The molecule has 0 spiro atoms. The van der Waals surface area contributed by atoms with Crippen molar-refractivity contribution in [1.29, 1.82) is 0 Å². The predicted octanol–water partition coefficient (Wildman–Crippen LogP) is 0.101. The van der Waals surface area contributed by atoms with Crippen LogP contribution < -0.4 is 0 Å². The Morgan fingerprint density at radius 2 is 2.38 bits per heavy atom. The molecule has 1 aliphatic heterocycles. The molecule has 0 aromatic carbocycles. The smallest absolute Gasteiger partial charge is 0.331 e. The Balaban J connectivity index is 2.54. The van der Waals surface area contributed by atoms with E-state index in [0.717, 1.165) is 6.54 Å². The zero-order chi connectivity index (χ0) is 12.0. The number of morpholine rings is 1. The predicted molar refractivity (Wildman–Crippen MR) is 59.3 cm³/mol. The van der Waals surface area contributed by atoms with E-state index in [4.69, 9.17) is 14.9 Å². The number of nitrogens with zero attached hydrogens (tertiary/aromatic N) is 1. The van der Waals surface area contributed by atoms with Gasteiger partial charge in [0.05, 0.1) is 25.9 Å². The molecule has 0 radical (unpaired) electrons. The van der Waals surface area contributed by atoms with Crippen LogP contribution in [0.4, 0.5) is 0 Å². The van der Waals surface area contributed by atoms with Gasteiger partial charge in [-0.15, -0.1) is 0 Å². The fourth-order valence-electron chi connectivity index (χ4n) is 1.71. The largest absolute Gasteiger partial charge is 0.478 e. The molecule has 1 rings (SSSR count). The van der Waals surface area contributed by atoms with Crippen LogP contribution in [0.5, 0.6) is 0 Å². The van der Waals surface area contributed by atoms with E-state index < -0.39 is 5.97 Å². The second-order valence-electron chi connectivity index (χ2n) is 3.79. The van der Waals surface area contributed by atoms with Crippen LogP contribution in [-0.4, -0.2) is 60.0 Å². The standard InChI is InChI=1S/C11H19NO4/c1-2-9(11(14)15)3-4-12-5-6-16-8-10(12)7-13/h3,10,13H,2,4-8H2,1H3,(H,14,15). The van der Waals surface area contributed by atoms with E-state index in [-0.39, 0.29) is 12.6 Å². The fourth-order valence-corrected chi connectivity index (χ4v) is 1.71. The maximum absolute atomic E-state index is 10.8. The summed E-state index contributed by atoms with van der Waals surface area (Å²) in [5, 5.41) is 18.0. The second-order valence-corrected chi connectivity index (χ2v) is 3.79. The van der Waals surface area contributed by atoms with Crippen molar-refractivity contribution in [2.24, 2.45) is 0 Å². The minimum absolute atomic E-state index is 0.0168. The quantitative estimate of drug-likeness (QED) is 0.654. The lowest BCUT2D eigenvalue weighted by Gasteiger charge is -2.33. The van der Waals surface area contributed by atoms with Gasteiger partial charge in [-0.25, -0.2) is 4.79 Å². The van der Waals surface area contributed by atoms with Gasteiger partial charge in [-0.1, -0.05) is 13.0 Å². The molecule has 0 aromatic heterocycles. The van der Waals surface area contributed by atoms with Crippen LogP contribution in [0.15, 0.2) is 11.6 Å². The molecule has 1 aliphatic rings. The van der Waals surface area contributed by atoms with E-state index in [9.17, 15) is 4.79 Å². The Morgan fingerprint density at radius 3 is 2.94 bits per heavy atom. The SMILES string of the molecule is CCC(=CCN1CCOCC1CO)C(=O)O. The highest BCUT2D eigenvalue weighted by Gasteiger charge is 2.21. The molecule has 0 amide bonds. The molecule has 1 unspecified atom stereocenters. The first-order valence-electron chi connectivity index (χ1n) is 5.54. The second kappa shape index (κ2) is 6.62. The molecule has 5 nitrogen and oxygen atoms in total. The van der Waals surface area contributed by atoms with E-state index in [1.807, 2.05) is 11.8 Å².